The van der Waals surface area contributed by atoms with Crippen LogP contribution < -0.4 is 4.90 Å². The molecule has 20 heavy (non-hydrogen) atoms. The van der Waals surface area contributed by atoms with E-state index in [2.05, 4.69) is 37.7 Å². The topological polar surface area (TPSA) is 42.7 Å². The maximum absolute atomic E-state index is 5.90. The zero-order chi connectivity index (χ0) is 13.9. The lowest BCUT2D eigenvalue weighted by molar-refractivity contribution is 0.0439. The lowest BCUT2D eigenvalue weighted by Crippen LogP contribution is -2.40. The van der Waals surface area contributed by atoms with E-state index in [0.717, 1.165) is 55.0 Å². The minimum Gasteiger partial charge on any atom is -0.376 e. The van der Waals surface area contributed by atoms with Gasteiger partial charge in [-0.25, -0.2) is 9.97 Å². The molecule has 1 aliphatic rings. The fourth-order valence-electron chi connectivity index (χ4n) is 2.65. The van der Waals surface area contributed by atoms with Crippen LogP contribution in [0.3, 0.4) is 0 Å². The molecule has 3 rings (SSSR count). The summed E-state index contributed by atoms with van der Waals surface area (Å²) in [4.78, 5) is 11.3. The molecule has 0 N–H and O–H groups in total. The zero-order valence-electron chi connectivity index (χ0n) is 11.6. The van der Waals surface area contributed by atoms with Crippen molar-refractivity contribution in [2.75, 3.05) is 24.6 Å². The quantitative estimate of drug-likeness (QED) is 0.859. The van der Waals surface area contributed by atoms with E-state index in [1.807, 2.05) is 23.0 Å². The molecule has 0 spiro atoms. The molecule has 2 aromatic heterocycles. The van der Waals surface area contributed by atoms with Gasteiger partial charge >= 0.3 is 0 Å². The van der Waals surface area contributed by atoms with Crippen LogP contribution in [-0.4, -0.2) is 40.2 Å². The van der Waals surface area contributed by atoms with E-state index in [9.17, 15) is 0 Å². The van der Waals surface area contributed by atoms with Crippen molar-refractivity contribution in [3.8, 4) is 0 Å². The van der Waals surface area contributed by atoms with Gasteiger partial charge in [-0.1, -0.05) is 6.92 Å². The Balaban J connectivity index is 1.84. The molecular formula is C14H19BrN4O. The summed E-state index contributed by atoms with van der Waals surface area (Å²) in [5.74, 6) is 0.939. The largest absolute Gasteiger partial charge is 0.376 e. The number of aromatic nitrogens is 3. The van der Waals surface area contributed by atoms with Crippen LogP contribution in [0.2, 0.25) is 0 Å². The third-order valence-electron chi connectivity index (χ3n) is 3.56. The van der Waals surface area contributed by atoms with Crippen LogP contribution in [0.25, 0.3) is 5.65 Å². The molecule has 1 unspecified atom stereocenters. The van der Waals surface area contributed by atoms with E-state index >= 15 is 0 Å². The van der Waals surface area contributed by atoms with Crippen LogP contribution >= 0.6 is 15.9 Å². The second-order valence-corrected chi connectivity index (χ2v) is 5.94. The molecule has 108 valence electrons. The number of piperidine rings is 1. The predicted octanol–water partition coefficient (Wildman–Crippen LogP) is 2.89. The number of ether oxygens (including phenoxy) is 1. The first-order valence-electron chi connectivity index (χ1n) is 7.13. The highest BCUT2D eigenvalue weighted by molar-refractivity contribution is 9.10. The van der Waals surface area contributed by atoms with E-state index in [0.29, 0.717) is 6.10 Å². The molecule has 0 saturated carbocycles. The van der Waals surface area contributed by atoms with Crippen molar-refractivity contribution in [3.63, 3.8) is 0 Å². The van der Waals surface area contributed by atoms with E-state index in [4.69, 9.17) is 4.74 Å². The number of imidazole rings is 1. The van der Waals surface area contributed by atoms with E-state index in [-0.39, 0.29) is 0 Å². The van der Waals surface area contributed by atoms with Crippen LogP contribution in [0.1, 0.15) is 26.2 Å². The molecule has 1 saturated heterocycles. The minimum absolute atomic E-state index is 0.305. The maximum Gasteiger partial charge on any atom is 0.180 e. The van der Waals surface area contributed by atoms with Crippen LogP contribution in [-0.2, 0) is 4.74 Å². The SMILES string of the molecule is CCCOC1CCCN(c2nc(Br)cn3ccnc23)C1. The molecule has 1 fully saturated rings. The van der Waals surface area contributed by atoms with Crippen LogP contribution in [0.5, 0.6) is 0 Å². The first-order chi connectivity index (χ1) is 9.78. The van der Waals surface area contributed by atoms with Crippen molar-refractivity contribution >= 4 is 27.4 Å². The molecule has 6 heteroatoms. The van der Waals surface area contributed by atoms with Crippen molar-refractivity contribution in [3.05, 3.63) is 23.2 Å². The summed E-state index contributed by atoms with van der Waals surface area (Å²) in [6.07, 6.45) is 9.32. The monoisotopic (exact) mass is 338 g/mol. The zero-order valence-corrected chi connectivity index (χ0v) is 13.2. The Kier molecular flexibility index (Phi) is 4.21. The molecule has 0 aliphatic carbocycles. The molecule has 1 atom stereocenters. The van der Waals surface area contributed by atoms with Gasteiger partial charge in [-0.3, -0.25) is 0 Å². The Hall–Kier alpha value is -1.14. The van der Waals surface area contributed by atoms with E-state index < -0.39 is 0 Å². The smallest absolute Gasteiger partial charge is 0.180 e. The van der Waals surface area contributed by atoms with Crippen molar-refractivity contribution in [2.24, 2.45) is 0 Å². The van der Waals surface area contributed by atoms with Crippen molar-refractivity contribution in [2.45, 2.75) is 32.3 Å². The first kappa shape index (κ1) is 13.8. The Morgan fingerprint density at radius 1 is 1.50 bits per heavy atom. The normalized spacial score (nSPS) is 19.7. The molecule has 1 aliphatic heterocycles. The van der Waals surface area contributed by atoms with Gasteiger partial charge in [0, 0.05) is 38.3 Å². The highest BCUT2D eigenvalue weighted by Gasteiger charge is 2.23. The molecule has 3 heterocycles. The van der Waals surface area contributed by atoms with Crippen molar-refractivity contribution in [1.29, 1.82) is 0 Å². The van der Waals surface area contributed by atoms with Crippen molar-refractivity contribution < 1.29 is 4.74 Å². The molecule has 0 amide bonds. The summed E-state index contributed by atoms with van der Waals surface area (Å²) < 4.78 is 8.73. The number of fused-ring (bicyclic) bond motifs is 1. The lowest BCUT2D eigenvalue weighted by atomic mass is 10.1. The van der Waals surface area contributed by atoms with Crippen molar-refractivity contribution in [1.82, 2.24) is 14.4 Å². The molecule has 0 radical (unpaired) electrons. The van der Waals surface area contributed by atoms with Gasteiger partial charge in [0.25, 0.3) is 0 Å². The van der Waals surface area contributed by atoms with Gasteiger partial charge < -0.3 is 14.0 Å². The van der Waals surface area contributed by atoms with Gasteiger partial charge in [-0.05, 0) is 35.2 Å². The predicted molar refractivity (Wildman–Crippen MR) is 82.2 cm³/mol. The lowest BCUT2D eigenvalue weighted by Gasteiger charge is -2.33. The number of hydrogen-bond acceptors (Lipinski definition) is 4. The Labute approximate surface area is 127 Å². The van der Waals surface area contributed by atoms with Gasteiger partial charge in [0.15, 0.2) is 11.5 Å². The van der Waals surface area contributed by atoms with Crippen LogP contribution in [0, 0.1) is 0 Å². The van der Waals surface area contributed by atoms with E-state index in [1.165, 1.54) is 0 Å². The number of nitrogens with zero attached hydrogens (tertiary/aromatic N) is 4. The number of hydrogen-bond donors (Lipinski definition) is 0. The second-order valence-electron chi connectivity index (χ2n) is 5.13. The molecule has 5 nitrogen and oxygen atoms in total. The fraction of sp³-hybridized carbons (Fsp3) is 0.571. The van der Waals surface area contributed by atoms with Crippen LogP contribution in [0.15, 0.2) is 23.2 Å². The highest BCUT2D eigenvalue weighted by Crippen LogP contribution is 2.25. The minimum atomic E-state index is 0.305. The summed E-state index contributed by atoms with van der Waals surface area (Å²) in [6, 6.07) is 0. The van der Waals surface area contributed by atoms with Gasteiger partial charge in [0.1, 0.15) is 4.60 Å². The number of rotatable bonds is 4. The Morgan fingerprint density at radius 2 is 2.40 bits per heavy atom. The number of anilines is 1. The van der Waals surface area contributed by atoms with Crippen LogP contribution in [0.4, 0.5) is 5.82 Å². The summed E-state index contributed by atoms with van der Waals surface area (Å²) in [5, 5.41) is 0. The van der Waals surface area contributed by atoms with Gasteiger partial charge in [-0.15, -0.1) is 0 Å². The fourth-order valence-corrected chi connectivity index (χ4v) is 3.04. The molecule has 2 aromatic rings. The average molecular weight is 339 g/mol. The number of halogens is 1. The van der Waals surface area contributed by atoms with Gasteiger partial charge in [0.05, 0.1) is 6.10 Å². The summed E-state index contributed by atoms with van der Waals surface area (Å²) in [7, 11) is 0. The highest BCUT2D eigenvalue weighted by atomic mass is 79.9. The standard InChI is InChI=1S/C14H19BrN4O/c1-2-8-20-11-4-3-6-18(9-11)14-13-16-5-7-19(13)10-12(15)17-14/h5,7,10-11H,2-4,6,8-9H2,1H3. The summed E-state index contributed by atoms with van der Waals surface area (Å²) >= 11 is 3.47. The third-order valence-corrected chi connectivity index (χ3v) is 3.94. The average Bonchev–Trinajstić information content (AvgIpc) is 2.92. The molecule has 0 bridgehead atoms. The summed E-state index contributed by atoms with van der Waals surface area (Å²) in [6.45, 7) is 4.89. The van der Waals surface area contributed by atoms with E-state index in [1.54, 1.807) is 0 Å². The Bertz CT molecular complexity index is 586. The van der Waals surface area contributed by atoms with Gasteiger partial charge in [0.2, 0.25) is 0 Å². The second kappa shape index (κ2) is 6.10. The first-order valence-corrected chi connectivity index (χ1v) is 7.93. The summed E-state index contributed by atoms with van der Waals surface area (Å²) in [5.41, 5.74) is 0.907. The molecular weight excluding hydrogens is 320 g/mol. The Morgan fingerprint density at radius 3 is 3.25 bits per heavy atom. The molecule has 0 aromatic carbocycles. The van der Waals surface area contributed by atoms with Gasteiger partial charge in [-0.2, -0.15) is 0 Å². The third kappa shape index (κ3) is 2.81. The maximum atomic E-state index is 5.90.